The normalized spacial score (nSPS) is 11.2. The van der Waals surface area contributed by atoms with E-state index in [0.29, 0.717) is 5.56 Å². The summed E-state index contributed by atoms with van der Waals surface area (Å²) >= 11 is 0. The number of rotatable bonds is 3. The summed E-state index contributed by atoms with van der Waals surface area (Å²) in [7, 11) is 0. The zero-order chi connectivity index (χ0) is 16.7. The van der Waals surface area contributed by atoms with Gasteiger partial charge in [0.15, 0.2) is 0 Å². The Morgan fingerprint density at radius 3 is 2.88 bits per heavy atom. The molecule has 0 atom stereocenters. The molecule has 0 aliphatic heterocycles. The Morgan fingerprint density at radius 2 is 2.08 bits per heavy atom. The van der Waals surface area contributed by atoms with Crippen LogP contribution in [0.15, 0.2) is 36.5 Å². The number of aryl methyl sites for hydroxylation is 2. The predicted molar refractivity (Wildman–Crippen MR) is 96.0 cm³/mol. The van der Waals surface area contributed by atoms with Crippen LogP contribution in [0, 0.1) is 18.3 Å². The zero-order valence-corrected chi connectivity index (χ0v) is 13.8. The van der Waals surface area contributed by atoms with Gasteiger partial charge >= 0.3 is 0 Å². The Hall–Kier alpha value is -3.06. The molecule has 0 saturated heterocycles. The number of hydrogen-bond donors (Lipinski definition) is 2. The molecule has 0 saturated carbocycles. The molecule has 24 heavy (non-hydrogen) atoms. The number of fused-ring (bicyclic) bond motifs is 2. The van der Waals surface area contributed by atoms with Gasteiger partial charge in [0.05, 0.1) is 22.7 Å². The van der Waals surface area contributed by atoms with E-state index in [1.54, 1.807) is 0 Å². The number of imidazole rings is 1. The standard InChI is InChI=1S/C20H18N4/c1-3-14-8-12(2)20-15(6-7-22-20)16(14)10-19-23-17-5-4-13(11-21)9-18(17)24-19/h4-9,22H,3,10H2,1-2H3,(H,23,24). The second kappa shape index (κ2) is 5.54. The van der Waals surface area contributed by atoms with Gasteiger partial charge in [-0.05, 0) is 54.3 Å². The van der Waals surface area contributed by atoms with Gasteiger partial charge in [-0.1, -0.05) is 13.0 Å². The molecule has 2 aromatic carbocycles. The fraction of sp³-hybridized carbons (Fsp3) is 0.200. The molecule has 4 aromatic rings. The summed E-state index contributed by atoms with van der Waals surface area (Å²) in [6.45, 7) is 4.33. The summed E-state index contributed by atoms with van der Waals surface area (Å²) in [6, 6.07) is 12.2. The summed E-state index contributed by atoms with van der Waals surface area (Å²) in [5.74, 6) is 0.932. The first-order valence-electron chi connectivity index (χ1n) is 8.16. The number of H-pyrrole nitrogens is 2. The lowest BCUT2D eigenvalue weighted by molar-refractivity contribution is 1.00. The van der Waals surface area contributed by atoms with Gasteiger partial charge in [0.1, 0.15) is 5.82 Å². The minimum absolute atomic E-state index is 0.637. The lowest BCUT2D eigenvalue weighted by atomic mass is 9.95. The first kappa shape index (κ1) is 14.5. The van der Waals surface area contributed by atoms with Gasteiger partial charge in [-0.25, -0.2) is 4.98 Å². The van der Waals surface area contributed by atoms with Gasteiger partial charge < -0.3 is 9.97 Å². The molecule has 4 nitrogen and oxygen atoms in total. The van der Waals surface area contributed by atoms with Crippen molar-refractivity contribution in [2.75, 3.05) is 0 Å². The average molecular weight is 314 g/mol. The van der Waals surface area contributed by atoms with E-state index in [-0.39, 0.29) is 0 Å². The van der Waals surface area contributed by atoms with E-state index in [1.165, 1.54) is 27.6 Å². The molecule has 0 spiro atoms. The Kier molecular flexibility index (Phi) is 3.35. The van der Waals surface area contributed by atoms with E-state index in [2.05, 4.69) is 47.0 Å². The van der Waals surface area contributed by atoms with Crippen molar-refractivity contribution >= 4 is 21.9 Å². The van der Waals surface area contributed by atoms with Crippen LogP contribution >= 0.6 is 0 Å². The number of benzene rings is 2. The Morgan fingerprint density at radius 1 is 1.21 bits per heavy atom. The van der Waals surface area contributed by atoms with Crippen molar-refractivity contribution in [1.82, 2.24) is 15.0 Å². The minimum Gasteiger partial charge on any atom is -0.361 e. The van der Waals surface area contributed by atoms with Crippen LogP contribution in [0.4, 0.5) is 0 Å². The average Bonchev–Trinajstić information content (AvgIpc) is 3.22. The van der Waals surface area contributed by atoms with Crippen LogP contribution < -0.4 is 0 Å². The van der Waals surface area contributed by atoms with E-state index >= 15 is 0 Å². The topological polar surface area (TPSA) is 68.3 Å². The van der Waals surface area contributed by atoms with Gasteiger partial charge in [0.2, 0.25) is 0 Å². The molecule has 0 radical (unpaired) electrons. The number of nitrogens with zero attached hydrogens (tertiary/aromatic N) is 2. The van der Waals surface area contributed by atoms with Crippen LogP contribution in [0.2, 0.25) is 0 Å². The van der Waals surface area contributed by atoms with E-state index in [0.717, 1.165) is 29.7 Å². The molecule has 0 unspecified atom stereocenters. The van der Waals surface area contributed by atoms with E-state index in [9.17, 15) is 0 Å². The van der Waals surface area contributed by atoms with Crippen LogP contribution in [0.3, 0.4) is 0 Å². The summed E-state index contributed by atoms with van der Waals surface area (Å²) in [4.78, 5) is 11.4. The largest absolute Gasteiger partial charge is 0.361 e. The highest BCUT2D eigenvalue weighted by molar-refractivity contribution is 5.87. The molecule has 4 rings (SSSR count). The maximum Gasteiger partial charge on any atom is 0.111 e. The van der Waals surface area contributed by atoms with Gasteiger partial charge in [-0.2, -0.15) is 5.26 Å². The van der Waals surface area contributed by atoms with Crippen molar-refractivity contribution in [3.8, 4) is 6.07 Å². The molecule has 0 bridgehead atoms. The molecule has 4 heteroatoms. The van der Waals surface area contributed by atoms with Crippen molar-refractivity contribution in [3.63, 3.8) is 0 Å². The second-order valence-electron chi connectivity index (χ2n) is 6.16. The molecule has 2 N–H and O–H groups in total. The third-order valence-electron chi connectivity index (χ3n) is 4.63. The van der Waals surface area contributed by atoms with Gasteiger partial charge in [0, 0.05) is 23.5 Å². The number of aromatic nitrogens is 3. The molecule has 2 aromatic heterocycles. The van der Waals surface area contributed by atoms with Gasteiger partial charge in [0.25, 0.3) is 0 Å². The van der Waals surface area contributed by atoms with Crippen molar-refractivity contribution in [2.24, 2.45) is 0 Å². The Balaban J connectivity index is 1.83. The molecular formula is C20H18N4. The fourth-order valence-electron chi connectivity index (χ4n) is 3.44. The van der Waals surface area contributed by atoms with Crippen LogP contribution in [0.1, 0.15) is 35.0 Å². The molecule has 0 amide bonds. The van der Waals surface area contributed by atoms with E-state index in [4.69, 9.17) is 5.26 Å². The Bertz CT molecular complexity index is 1090. The highest BCUT2D eigenvalue weighted by atomic mass is 14.9. The minimum atomic E-state index is 0.637. The third-order valence-corrected chi connectivity index (χ3v) is 4.63. The molecule has 0 aliphatic rings. The predicted octanol–water partition coefficient (Wildman–Crippen LogP) is 4.38. The van der Waals surface area contributed by atoms with Gasteiger partial charge in [-0.15, -0.1) is 0 Å². The SMILES string of the molecule is CCc1cc(C)c2[nH]ccc2c1Cc1nc2cc(C#N)ccc2[nH]1. The first-order chi connectivity index (χ1) is 11.7. The van der Waals surface area contributed by atoms with Crippen LogP contribution in [0.5, 0.6) is 0 Å². The highest BCUT2D eigenvalue weighted by Gasteiger charge is 2.13. The smallest absolute Gasteiger partial charge is 0.111 e. The summed E-state index contributed by atoms with van der Waals surface area (Å²) in [5, 5.41) is 10.3. The second-order valence-corrected chi connectivity index (χ2v) is 6.16. The maximum atomic E-state index is 9.04. The van der Waals surface area contributed by atoms with Crippen LogP contribution in [-0.4, -0.2) is 15.0 Å². The molecule has 2 heterocycles. The van der Waals surface area contributed by atoms with Crippen LogP contribution in [-0.2, 0) is 12.8 Å². The molecule has 118 valence electrons. The first-order valence-corrected chi connectivity index (χ1v) is 8.16. The van der Waals surface area contributed by atoms with Gasteiger partial charge in [-0.3, -0.25) is 0 Å². The van der Waals surface area contributed by atoms with Crippen molar-refractivity contribution in [2.45, 2.75) is 26.7 Å². The quantitative estimate of drug-likeness (QED) is 0.589. The maximum absolute atomic E-state index is 9.04. The summed E-state index contributed by atoms with van der Waals surface area (Å²) in [5.41, 5.74) is 7.61. The highest BCUT2D eigenvalue weighted by Crippen LogP contribution is 2.28. The Labute approximate surface area is 140 Å². The zero-order valence-electron chi connectivity index (χ0n) is 13.8. The lowest BCUT2D eigenvalue weighted by Crippen LogP contribution is -1.98. The number of aromatic amines is 2. The summed E-state index contributed by atoms with van der Waals surface area (Å²) < 4.78 is 0. The molecule has 0 fully saturated rings. The number of nitrogens with one attached hydrogen (secondary N) is 2. The monoisotopic (exact) mass is 314 g/mol. The van der Waals surface area contributed by atoms with Crippen LogP contribution in [0.25, 0.3) is 21.9 Å². The number of hydrogen-bond acceptors (Lipinski definition) is 2. The molecular weight excluding hydrogens is 296 g/mol. The fourth-order valence-corrected chi connectivity index (χ4v) is 3.44. The van der Waals surface area contributed by atoms with E-state index < -0.39 is 0 Å². The van der Waals surface area contributed by atoms with E-state index in [1.807, 2.05) is 24.4 Å². The number of nitriles is 1. The van der Waals surface area contributed by atoms with Crippen molar-refractivity contribution < 1.29 is 0 Å². The van der Waals surface area contributed by atoms with Crippen molar-refractivity contribution in [3.05, 3.63) is 64.6 Å². The molecule has 0 aliphatic carbocycles. The summed E-state index contributed by atoms with van der Waals surface area (Å²) in [6.07, 6.45) is 3.75. The third kappa shape index (κ3) is 2.26. The lowest BCUT2D eigenvalue weighted by Gasteiger charge is -2.11. The van der Waals surface area contributed by atoms with Crippen molar-refractivity contribution in [1.29, 1.82) is 5.26 Å².